The van der Waals surface area contributed by atoms with Crippen molar-refractivity contribution in [3.05, 3.63) is 29.8 Å². The second-order valence-corrected chi connectivity index (χ2v) is 3.70. The summed E-state index contributed by atoms with van der Waals surface area (Å²) < 4.78 is 38.5. The molecule has 0 fully saturated rings. The van der Waals surface area contributed by atoms with Gasteiger partial charge in [0, 0.05) is 0 Å². The van der Waals surface area contributed by atoms with Gasteiger partial charge in [-0.25, -0.2) is 0 Å². The van der Waals surface area contributed by atoms with Crippen LogP contribution in [0.4, 0.5) is 13.2 Å². The molecule has 5 heteroatoms. The molecule has 0 aliphatic carbocycles. The van der Waals surface area contributed by atoms with Crippen molar-refractivity contribution in [3.8, 4) is 5.75 Å². The van der Waals surface area contributed by atoms with E-state index in [2.05, 4.69) is 4.74 Å². The third-order valence-corrected chi connectivity index (χ3v) is 1.25. The molecule has 0 atom stereocenters. The van der Waals surface area contributed by atoms with E-state index in [1.54, 1.807) is 19.1 Å². The van der Waals surface area contributed by atoms with E-state index in [4.69, 9.17) is 0 Å². The average molecular weight is 235 g/mol. The molecule has 0 radical (unpaired) electrons. The maximum atomic E-state index is 11.6. The summed E-state index contributed by atoms with van der Waals surface area (Å²) in [6.07, 6.45) is -4.60. The van der Waals surface area contributed by atoms with Gasteiger partial charge in [0.15, 0.2) is 0 Å². The number of ether oxygens (including phenoxy) is 1. The van der Waals surface area contributed by atoms with E-state index in [0.29, 0.717) is 0 Å². The Kier molecular flexibility index (Phi) is 5.88. The summed E-state index contributed by atoms with van der Waals surface area (Å²) in [6, 6.07) is 5.67. The van der Waals surface area contributed by atoms with Gasteiger partial charge in [0.1, 0.15) is 5.75 Å². The molecule has 1 aromatic rings. The van der Waals surface area contributed by atoms with Crippen LogP contribution in [0.3, 0.4) is 0 Å². The minimum absolute atomic E-state index is 0.187. The summed E-state index contributed by atoms with van der Waals surface area (Å²) >= 11 is 0. The zero-order chi connectivity index (χ0) is 12.8. The molecule has 0 heterocycles. The summed E-state index contributed by atoms with van der Waals surface area (Å²) in [5.41, 5.74) is 0.893. The van der Waals surface area contributed by atoms with Crippen LogP contribution in [0.15, 0.2) is 24.3 Å². The van der Waals surface area contributed by atoms with E-state index >= 15 is 0 Å². The van der Waals surface area contributed by atoms with E-state index < -0.39 is 6.36 Å². The van der Waals surface area contributed by atoms with Gasteiger partial charge in [-0.05, 0) is 40.2 Å². The van der Waals surface area contributed by atoms with Gasteiger partial charge in [0.2, 0.25) is 0 Å². The van der Waals surface area contributed by atoms with Crippen molar-refractivity contribution in [1.29, 1.82) is 0 Å². The van der Waals surface area contributed by atoms with Crippen LogP contribution in [-0.2, 0) is 0 Å². The van der Waals surface area contributed by atoms with Gasteiger partial charge < -0.3 is 9.64 Å². The van der Waals surface area contributed by atoms with E-state index in [1.165, 1.54) is 12.1 Å². The lowest BCUT2D eigenvalue weighted by molar-refractivity contribution is -0.274. The molecule has 0 aliphatic rings. The van der Waals surface area contributed by atoms with Crippen LogP contribution in [0, 0.1) is 6.92 Å². The molecular weight excluding hydrogens is 219 g/mol. The molecular formula is C11H16F3NO. The predicted octanol–water partition coefficient (Wildman–Crippen LogP) is 3.07. The highest BCUT2D eigenvalue weighted by Crippen LogP contribution is 2.22. The molecule has 92 valence electrons. The summed E-state index contributed by atoms with van der Waals surface area (Å²) in [5, 5.41) is 0. The van der Waals surface area contributed by atoms with Crippen LogP contribution in [0.2, 0.25) is 0 Å². The zero-order valence-electron chi connectivity index (χ0n) is 9.80. The highest BCUT2D eigenvalue weighted by Gasteiger charge is 2.30. The highest BCUT2D eigenvalue weighted by atomic mass is 19.4. The Bertz CT molecular complexity index is 290. The van der Waals surface area contributed by atoms with Crippen molar-refractivity contribution < 1.29 is 17.9 Å². The van der Waals surface area contributed by atoms with Gasteiger partial charge in [-0.3, -0.25) is 0 Å². The Balaban J connectivity index is 0.000000487. The summed E-state index contributed by atoms with van der Waals surface area (Å²) in [4.78, 5) is 2.00. The van der Waals surface area contributed by atoms with Crippen molar-refractivity contribution in [2.24, 2.45) is 0 Å². The van der Waals surface area contributed by atoms with Crippen molar-refractivity contribution in [2.45, 2.75) is 13.3 Å². The first-order valence-electron chi connectivity index (χ1n) is 4.64. The van der Waals surface area contributed by atoms with Crippen LogP contribution in [0.1, 0.15) is 5.56 Å². The van der Waals surface area contributed by atoms with Crippen LogP contribution >= 0.6 is 0 Å². The highest BCUT2D eigenvalue weighted by molar-refractivity contribution is 5.26. The second kappa shape index (κ2) is 6.37. The number of hydrogen-bond donors (Lipinski definition) is 0. The van der Waals surface area contributed by atoms with Crippen LogP contribution in [0.5, 0.6) is 5.75 Å². The Labute approximate surface area is 93.6 Å². The molecule has 0 aliphatic heterocycles. The number of nitrogens with zero attached hydrogens (tertiary/aromatic N) is 1. The van der Waals surface area contributed by atoms with E-state index in [1.807, 2.05) is 26.0 Å². The number of hydrogen-bond acceptors (Lipinski definition) is 2. The lowest BCUT2D eigenvalue weighted by Crippen LogP contribution is -2.16. The molecule has 2 nitrogen and oxygen atoms in total. The van der Waals surface area contributed by atoms with E-state index in [9.17, 15) is 13.2 Å². The molecule has 1 aromatic carbocycles. The minimum atomic E-state index is -4.60. The fourth-order valence-electron chi connectivity index (χ4n) is 0.740. The number of halogens is 3. The van der Waals surface area contributed by atoms with E-state index in [-0.39, 0.29) is 5.75 Å². The summed E-state index contributed by atoms with van der Waals surface area (Å²) in [5.74, 6) is -0.187. The summed E-state index contributed by atoms with van der Waals surface area (Å²) in [6.45, 7) is 1.79. The molecule has 0 amide bonds. The Hall–Kier alpha value is -1.23. The minimum Gasteiger partial charge on any atom is -0.406 e. The van der Waals surface area contributed by atoms with Crippen LogP contribution in [0.25, 0.3) is 0 Å². The Morgan fingerprint density at radius 3 is 1.69 bits per heavy atom. The third-order valence-electron chi connectivity index (χ3n) is 1.25. The van der Waals surface area contributed by atoms with Crippen molar-refractivity contribution in [2.75, 3.05) is 21.1 Å². The van der Waals surface area contributed by atoms with Gasteiger partial charge in [-0.15, -0.1) is 13.2 Å². The fraction of sp³-hybridized carbons (Fsp3) is 0.455. The predicted molar refractivity (Wildman–Crippen MR) is 57.5 cm³/mol. The number of aryl methyl sites for hydroxylation is 1. The molecule has 16 heavy (non-hydrogen) atoms. The van der Waals surface area contributed by atoms with Crippen molar-refractivity contribution >= 4 is 0 Å². The van der Waals surface area contributed by atoms with Crippen molar-refractivity contribution in [3.63, 3.8) is 0 Å². The quantitative estimate of drug-likeness (QED) is 0.741. The average Bonchev–Trinajstić information content (AvgIpc) is 2.05. The second-order valence-electron chi connectivity index (χ2n) is 3.70. The zero-order valence-corrected chi connectivity index (χ0v) is 9.80. The smallest absolute Gasteiger partial charge is 0.406 e. The van der Waals surface area contributed by atoms with Crippen LogP contribution < -0.4 is 4.74 Å². The van der Waals surface area contributed by atoms with Gasteiger partial charge in [0.25, 0.3) is 0 Å². The molecule has 0 N–H and O–H groups in total. The van der Waals surface area contributed by atoms with Gasteiger partial charge >= 0.3 is 6.36 Å². The van der Waals surface area contributed by atoms with Crippen LogP contribution in [-0.4, -0.2) is 32.4 Å². The Morgan fingerprint density at radius 1 is 1.00 bits per heavy atom. The molecule has 0 unspecified atom stereocenters. The molecule has 0 saturated heterocycles. The van der Waals surface area contributed by atoms with Crippen molar-refractivity contribution in [1.82, 2.24) is 4.90 Å². The lowest BCUT2D eigenvalue weighted by Gasteiger charge is -2.08. The number of alkyl halides is 3. The largest absolute Gasteiger partial charge is 0.573 e. The first kappa shape index (κ1) is 14.8. The molecule has 0 spiro atoms. The molecule has 0 saturated carbocycles. The fourth-order valence-corrected chi connectivity index (χ4v) is 0.740. The van der Waals surface area contributed by atoms with Gasteiger partial charge in [-0.2, -0.15) is 0 Å². The maximum absolute atomic E-state index is 11.6. The van der Waals surface area contributed by atoms with Gasteiger partial charge in [-0.1, -0.05) is 17.7 Å². The number of rotatable bonds is 1. The SMILES string of the molecule is CN(C)C.Cc1ccc(OC(F)(F)F)cc1. The lowest BCUT2D eigenvalue weighted by atomic mass is 10.2. The third kappa shape index (κ3) is 9.33. The topological polar surface area (TPSA) is 12.5 Å². The Morgan fingerprint density at radius 2 is 1.38 bits per heavy atom. The van der Waals surface area contributed by atoms with Gasteiger partial charge in [0.05, 0.1) is 0 Å². The number of benzene rings is 1. The molecule has 1 rings (SSSR count). The monoisotopic (exact) mass is 235 g/mol. The first-order valence-corrected chi connectivity index (χ1v) is 4.64. The summed E-state index contributed by atoms with van der Waals surface area (Å²) in [7, 11) is 6.00. The van der Waals surface area contributed by atoms with E-state index in [0.717, 1.165) is 5.56 Å². The molecule has 0 bridgehead atoms. The standard InChI is InChI=1S/C8H7F3O.C3H9N/c1-6-2-4-7(5-3-6)12-8(9,10)11;1-4(2)3/h2-5H,1H3;1-3H3. The normalized spacial score (nSPS) is 10.8. The first-order chi connectivity index (χ1) is 7.20. The maximum Gasteiger partial charge on any atom is 0.573 e. The molecule has 0 aromatic heterocycles.